The Labute approximate surface area is 121 Å². The highest BCUT2D eigenvalue weighted by Gasteiger charge is 2.18. The van der Waals surface area contributed by atoms with Crippen LogP contribution in [0.2, 0.25) is 0 Å². The Morgan fingerprint density at radius 3 is 2.53 bits per heavy atom. The molecule has 2 N–H and O–H groups in total. The predicted octanol–water partition coefficient (Wildman–Crippen LogP) is 0.782. The van der Waals surface area contributed by atoms with E-state index in [1.165, 1.54) is 0 Å². The summed E-state index contributed by atoms with van der Waals surface area (Å²) in [7, 11) is 0. The average Bonchev–Trinajstić information content (AvgIpc) is 2.52. The van der Waals surface area contributed by atoms with Gasteiger partial charge in [-0.15, -0.1) is 12.4 Å². The second-order valence-corrected chi connectivity index (χ2v) is 6.00. The van der Waals surface area contributed by atoms with Gasteiger partial charge in [0.15, 0.2) is 0 Å². The van der Waals surface area contributed by atoms with Crippen LogP contribution in [-0.2, 0) is 9.59 Å². The maximum absolute atomic E-state index is 11.9. The fraction of sp³-hybridized carbons (Fsp3) is 0.846. The van der Waals surface area contributed by atoms with Crippen LogP contribution < -0.4 is 10.6 Å². The van der Waals surface area contributed by atoms with E-state index >= 15 is 0 Å². The molecule has 5 nitrogen and oxygen atoms in total. The van der Waals surface area contributed by atoms with Gasteiger partial charge in [-0.25, -0.2) is 0 Å². The van der Waals surface area contributed by atoms with E-state index in [9.17, 15) is 9.59 Å². The highest BCUT2D eigenvalue weighted by Crippen LogP contribution is 2.17. The molecule has 0 bridgehead atoms. The van der Waals surface area contributed by atoms with E-state index in [-0.39, 0.29) is 36.2 Å². The SMILES string of the molecule is CC(C)(C)CC(=O)NCC(=O)N1CCCNCC1.Cl. The second-order valence-electron chi connectivity index (χ2n) is 6.00. The molecule has 19 heavy (non-hydrogen) atoms. The van der Waals surface area contributed by atoms with Gasteiger partial charge in [-0.2, -0.15) is 0 Å². The number of carbonyl (C=O) groups excluding carboxylic acids is 2. The molecule has 2 amide bonds. The lowest BCUT2D eigenvalue weighted by Crippen LogP contribution is -2.42. The lowest BCUT2D eigenvalue weighted by molar-refractivity contribution is -0.133. The molecule has 6 heteroatoms. The zero-order valence-electron chi connectivity index (χ0n) is 12.1. The zero-order chi connectivity index (χ0) is 13.6. The van der Waals surface area contributed by atoms with Crippen molar-refractivity contribution in [2.24, 2.45) is 5.41 Å². The van der Waals surface area contributed by atoms with Gasteiger partial charge in [-0.05, 0) is 18.4 Å². The lowest BCUT2D eigenvalue weighted by atomic mass is 9.92. The van der Waals surface area contributed by atoms with Gasteiger partial charge >= 0.3 is 0 Å². The fourth-order valence-electron chi connectivity index (χ4n) is 1.93. The maximum Gasteiger partial charge on any atom is 0.242 e. The van der Waals surface area contributed by atoms with Gasteiger partial charge in [-0.3, -0.25) is 9.59 Å². The van der Waals surface area contributed by atoms with Crippen LogP contribution in [0, 0.1) is 5.41 Å². The third kappa shape index (κ3) is 8.06. The van der Waals surface area contributed by atoms with Crippen molar-refractivity contribution < 1.29 is 9.59 Å². The van der Waals surface area contributed by atoms with Crippen molar-refractivity contribution in [3.63, 3.8) is 0 Å². The number of amides is 2. The molecule has 0 atom stereocenters. The van der Waals surface area contributed by atoms with Gasteiger partial charge in [0.05, 0.1) is 6.54 Å². The number of hydrogen-bond acceptors (Lipinski definition) is 3. The van der Waals surface area contributed by atoms with Crippen LogP contribution >= 0.6 is 12.4 Å². The van der Waals surface area contributed by atoms with Crippen molar-refractivity contribution in [3.8, 4) is 0 Å². The Balaban J connectivity index is 0.00000324. The van der Waals surface area contributed by atoms with E-state index in [2.05, 4.69) is 10.6 Å². The first kappa shape index (κ1) is 18.2. The maximum atomic E-state index is 11.9. The summed E-state index contributed by atoms with van der Waals surface area (Å²) < 4.78 is 0. The van der Waals surface area contributed by atoms with Crippen LogP contribution in [0.25, 0.3) is 0 Å². The van der Waals surface area contributed by atoms with Crippen molar-refractivity contribution in [1.82, 2.24) is 15.5 Å². The van der Waals surface area contributed by atoms with Crippen LogP contribution in [0.15, 0.2) is 0 Å². The largest absolute Gasteiger partial charge is 0.347 e. The van der Waals surface area contributed by atoms with Crippen LogP contribution in [-0.4, -0.2) is 49.4 Å². The first-order chi connectivity index (χ1) is 8.38. The molecule has 0 saturated carbocycles. The normalized spacial score (nSPS) is 16.3. The molecule has 0 spiro atoms. The minimum atomic E-state index is -0.0520. The van der Waals surface area contributed by atoms with E-state index < -0.39 is 0 Å². The van der Waals surface area contributed by atoms with Gasteiger partial charge in [0.1, 0.15) is 0 Å². The molecule has 1 rings (SSSR count). The molecule has 0 aromatic rings. The molecule has 1 aliphatic heterocycles. The number of halogens is 1. The summed E-state index contributed by atoms with van der Waals surface area (Å²) in [6.45, 7) is 9.45. The topological polar surface area (TPSA) is 61.4 Å². The van der Waals surface area contributed by atoms with Gasteiger partial charge in [-0.1, -0.05) is 20.8 Å². The molecular weight excluding hydrogens is 266 g/mol. The summed E-state index contributed by atoms with van der Waals surface area (Å²) >= 11 is 0. The molecule has 1 aliphatic rings. The number of rotatable bonds is 3. The first-order valence-electron chi connectivity index (χ1n) is 6.64. The minimum Gasteiger partial charge on any atom is -0.347 e. The number of nitrogens with zero attached hydrogens (tertiary/aromatic N) is 1. The highest BCUT2D eigenvalue weighted by molar-refractivity contribution is 5.85. The third-order valence-corrected chi connectivity index (χ3v) is 2.82. The zero-order valence-corrected chi connectivity index (χ0v) is 12.9. The molecule has 1 heterocycles. The quantitative estimate of drug-likeness (QED) is 0.808. The number of carbonyl (C=O) groups is 2. The molecule has 1 saturated heterocycles. The van der Waals surface area contributed by atoms with Crippen molar-refractivity contribution in [2.75, 3.05) is 32.7 Å². The Hall–Kier alpha value is -0.810. The molecule has 1 fully saturated rings. The Morgan fingerprint density at radius 1 is 1.21 bits per heavy atom. The minimum absolute atomic E-state index is 0. The Bertz CT molecular complexity index is 295. The predicted molar refractivity (Wildman–Crippen MR) is 78.4 cm³/mol. The number of hydrogen-bond donors (Lipinski definition) is 2. The monoisotopic (exact) mass is 291 g/mol. The van der Waals surface area contributed by atoms with Crippen molar-refractivity contribution in [2.45, 2.75) is 33.6 Å². The molecule has 0 unspecified atom stereocenters. The molecule has 0 aromatic heterocycles. The van der Waals surface area contributed by atoms with Crippen molar-refractivity contribution in [3.05, 3.63) is 0 Å². The summed E-state index contributed by atoms with van der Waals surface area (Å²) in [6.07, 6.45) is 1.42. The van der Waals surface area contributed by atoms with Crippen molar-refractivity contribution in [1.29, 1.82) is 0 Å². The second kappa shape index (κ2) is 8.38. The van der Waals surface area contributed by atoms with Crippen LogP contribution in [0.3, 0.4) is 0 Å². The highest BCUT2D eigenvalue weighted by atomic mass is 35.5. The van der Waals surface area contributed by atoms with E-state index in [1.54, 1.807) is 0 Å². The number of nitrogens with one attached hydrogen (secondary N) is 2. The molecular formula is C13H26ClN3O2. The third-order valence-electron chi connectivity index (χ3n) is 2.82. The summed E-state index contributed by atoms with van der Waals surface area (Å²) in [5.41, 5.74) is -0.0420. The summed E-state index contributed by atoms with van der Waals surface area (Å²) in [5, 5.41) is 5.95. The van der Waals surface area contributed by atoms with Gasteiger partial charge < -0.3 is 15.5 Å². The molecule has 0 aromatic carbocycles. The van der Waals surface area contributed by atoms with E-state index in [4.69, 9.17) is 0 Å². The standard InChI is InChI=1S/C13H25N3O2.ClH/c1-13(2,3)9-11(17)15-10-12(18)16-7-4-5-14-6-8-16;/h14H,4-10H2,1-3H3,(H,15,17);1H. The molecule has 0 aliphatic carbocycles. The Kier molecular flexibility index (Phi) is 8.02. The summed E-state index contributed by atoms with van der Waals surface area (Å²) in [6, 6.07) is 0. The van der Waals surface area contributed by atoms with E-state index in [1.807, 2.05) is 25.7 Å². The van der Waals surface area contributed by atoms with Gasteiger partial charge in [0.25, 0.3) is 0 Å². The van der Waals surface area contributed by atoms with Crippen LogP contribution in [0.4, 0.5) is 0 Å². The van der Waals surface area contributed by atoms with E-state index in [0.29, 0.717) is 6.42 Å². The Morgan fingerprint density at radius 2 is 1.89 bits per heavy atom. The van der Waals surface area contributed by atoms with Crippen LogP contribution in [0.1, 0.15) is 33.6 Å². The van der Waals surface area contributed by atoms with Gasteiger partial charge in [0.2, 0.25) is 11.8 Å². The van der Waals surface area contributed by atoms with E-state index in [0.717, 1.165) is 32.6 Å². The smallest absolute Gasteiger partial charge is 0.242 e. The summed E-state index contributed by atoms with van der Waals surface area (Å²) in [4.78, 5) is 25.3. The first-order valence-corrected chi connectivity index (χ1v) is 6.64. The average molecular weight is 292 g/mol. The fourth-order valence-corrected chi connectivity index (χ4v) is 1.93. The van der Waals surface area contributed by atoms with Crippen LogP contribution in [0.5, 0.6) is 0 Å². The molecule has 112 valence electrons. The molecule has 0 radical (unpaired) electrons. The van der Waals surface area contributed by atoms with Crippen molar-refractivity contribution >= 4 is 24.2 Å². The van der Waals surface area contributed by atoms with Gasteiger partial charge in [0, 0.05) is 26.1 Å². The summed E-state index contributed by atoms with van der Waals surface area (Å²) in [5.74, 6) is -0.0373. The lowest BCUT2D eigenvalue weighted by Gasteiger charge is -2.21.